The van der Waals surface area contributed by atoms with E-state index in [0.717, 1.165) is 12.1 Å². The number of methoxy groups -OCH3 is 1. The van der Waals surface area contributed by atoms with Crippen molar-refractivity contribution < 1.29 is 35.9 Å². The van der Waals surface area contributed by atoms with Crippen molar-refractivity contribution in [3.8, 4) is 22.3 Å². The number of hydrogen-bond donors (Lipinski definition) is 2. The highest BCUT2D eigenvalue weighted by Crippen LogP contribution is 2.38. The third-order valence-electron chi connectivity index (χ3n) is 5.31. The second kappa shape index (κ2) is 11.7. The first-order chi connectivity index (χ1) is 17.9. The number of carbonyl (C=O) groups is 1. The number of rotatable bonds is 3. The van der Waals surface area contributed by atoms with E-state index in [2.05, 4.69) is 10.1 Å². The van der Waals surface area contributed by atoms with Gasteiger partial charge >= 0.3 is 18.4 Å². The van der Waals surface area contributed by atoms with Gasteiger partial charge in [0.15, 0.2) is 0 Å². The van der Waals surface area contributed by atoms with E-state index >= 15 is 0 Å². The number of hydrogen-bond acceptors (Lipinski definition) is 3. The Morgan fingerprint density at radius 1 is 0.658 bits per heavy atom. The molecule has 0 unspecified atom stereocenters. The number of carbonyl (C=O) groups excluding carboxylic acids is 1. The van der Waals surface area contributed by atoms with Crippen LogP contribution < -0.4 is 11.1 Å². The number of benzene rings is 4. The van der Waals surface area contributed by atoms with Crippen LogP contribution in [0.3, 0.4) is 0 Å². The molecule has 1 amide bonds. The lowest BCUT2D eigenvalue weighted by Gasteiger charge is -2.13. The molecule has 4 aromatic rings. The van der Waals surface area contributed by atoms with E-state index in [9.17, 15) is 31.1 Å². The zero-order chi connectivity index (χ0) is 27.9. The SMILES string of the molecule is COC(=O)Nc1ccc(-c2ccccc2C(F)(F)F)cc1.Nc1ccc(-c2ccccc2C(F)(F)F)cc1. The van der Waals surface area contributed by atoms with Crippen LogP contribution >= 0.6 is 0 Å². The average Bonchev–Trinajstić information content (AvgIpc) is 2.89. The number of ether oxygens (including phenoxy) is 1. The smallest absolute Gasteiger partial charge is 0.417 e. The highest BCUT2D eigenvalue weighted by molar-refractivity contribution is 5.85. The van der Waals surface area contributed by atoms with Gasteiger partial charge in [-0.25, -0.2) is 4.79 Å². The van der Waals surface area contributed by atoms with Gasteiger partial charge < -0.3 is 10.5 Å². The first-order valence-electron chi connectivity index (χ1n) is 11.0. The zero-order valence-electron chi connectivity index (χ0n) is 19.9. The molecule has 4 rings (SSSR count). The first kappa shape index (κ1) is 28.1. The maximum Gasteiger partial charge on any atom is 0.417 e. The lowest BCUT2D eigenvalue weighted by molar-refractivity contribution is -0.137. The van der Waals surface area contributed by atoms with Crippen molar-refractivity contribution >= 4 is 17.5 Å². The molecular formula is C28H22F6N2O2. The van der Waals surface area contributed by atoms with Gasteiger partial charge in [0.05, 0.1) is 18.2 Å². The van der Waals surface area contributed by atoms with Gasteiger partial charge in [-0.15, -0.1) is 0 Å². The second-order valence-corrected chi connectivity index (χ2v) is 7.90. The van der Waals surface area contributed by atoms with Crippen LogP contribution in [0.1, 0.15) is 11.1 Å². The highest BCUT2D eigenvalue weighted by atomic mass is 19.4. The fourth-order valence-corrected chi connectivity index (χ4v) is 3.53. The van der Waals surface area contributed by atoms with Crippen molar-refractivity contribution in [1.82, 2.24) is 0 Å². The molecule has 0 aromatic heterocycles. The Bertz CT molecular complexity index is 1370. The summed E-state index contributed by atoms with van der Waals surface area (Å²) in [5, 5.41) is 2.43. The summed E-state index contributed by atoms with van der Waals surface area (Å²) in [6, 6.07) is 23.2. The highest BCUT2D eigenvalue weighted by Gasteiger charge is 2.34. The molecule has 0 radical (unpaired) electrons. The number of amides is 1. The topological polar surface area (TPSA) is 64.3 Å². The average molecular weight is 532 g/mol. The van der Waals surface area contributed by atoms with Gasteiger partial charge in [-0.05, 0) is 58.7 Å². The quantitative estimate of drug-likeness (QED) is 0.205. The van der Waals surface area contributed by atoms with Crippen molar-refractivity contribution in [3.63, 3.8) is 0 Å². The van der Waals surface area contributed by atoms with E-state index in [1.807, 2.05) is 0 Å². The summed E-state index contributed by atoms with van der Waals surface area (Å²) in [6.07, 6.45) is -9.41. The van der Waals surface area contributed by atoms with E-state index in [4.69, 9.17) is 5.73 Å². The standard InChI is InChI=1S/C15H12F3NO2.C13H10F3N/c1-21-14(20)19-11-8-6-10(7-9-11)12-4-2-3-5-13(12)15(16,17)18;14-13(15,16)12-4-2-1-3-11(12)9-5-7-10(17)8-6-9/h2-9H,1H3,(H,19,20);1-8H,17H2. The molecule has 0 saturated carbocycles. The van der Waals surface area contributed by atoms with Crippen LogP contribution in [0.25, 0.3) is 22.3 Å². The Hall–Kier alpha value is -4.47. The number of halogens is 6. The van der Waals surface area contributed by atoms with Gasteiger partial charge in [-0.1, -0.05) is 60.7 Å². The van der Waals surface area contributed by atoms with Gasteiger partial charge in [-0.3, -0.25) is 5.32 Å². The summed E-state index contributed by atoms with van der Waals surface area (Å²) in [7, 11) is 1.23. The molecule has 0 aliphatic rings. The number of nitrogens with two attached hydrogens (primary N) is 1. The fraction of sp³-hybridized carbons (Fsp3) is 0.107. The molecule has 0 bridgehead atoms. The predicted molar refractivity (Wildman–Crippen MR) is 134 cm³/mol. The van der Waals surface area contributed by atoms with E-state index in [-0.39, 0.29) is 11.1 Å². The van der Waals surface area contributed by atoms with Gasteiger partial charge in [-0.2, -0.15) is 26.3 Å². The van der Waals surface area contributed by atoms with Crippen LogP contribution in [0, 0.1) is 0 Å². The minimum atomic E-state index is -4.42. The molecule has 0 aliphatic carbocycles. The molecule has 0 heterocycles. The maximum absolute atomic E-state index is 13.0. The molecule has 0 saturated heterocycles. The second-order valence-electron chi connectivity index (χ2n) is 7.90. The number of nitrogen functional groups attached to an aromatic ring is 1. The van der Waals surface area contributed by atoms with Crippen LogP contribution in [-0.2, 0) is 17.1 Å². The summed E-state index contributed by atoms with van der Waals surface area (Å²) in [4.78, 5) is 11.0. The minimum absolute atomic E-state index is 0.0922. The third kappa shape index (κ3) is 7.28. The summed E-state index contributed by atoms with van der Waals surface area (Å²) in [5.41, 5.74) is 6.32. The Kier molecular flexibility index (Phi) is 8.67. The van der Waals surface area contributed by atoms with Crippen LogP contribution in [-0.4, -0.2) is 13.2 Å². The lowest BCUT2D eigenvalue weighted by atomic mass is 9.99. The van der Waals surface area contributed by atoms with Crippen molar-refractivity contribution in [1.29, 1.82) is 0 Å². The van der Waals surface area contributed by atoms with Crippen LogP contribution in [0.4, 0.5) is 42.5 Å². The summed E-state index contributed by atoms with van der Waals surface area (Å²) >= 11 is 0. The molecule has 10 heteroatoms. The Morgan fingerprint density at radius 2 is 1.05 bits per heavy atom. The summed E-state index contributed by atoms with van der Waals surface area (Å²) < 4.78 is 81.7. The largest absolute Gasteiger partial charge is 0.453 e. The molecule has 4 aromatic carbocycles. The molecular weight excluding hydrogens is 510 g/mol. The van der Waals surface area contributed by atoms with E-state index < -0.39 is 29.6 Å². The van der Waals surface area contributed by atoms with Gasteiger partial charge in [0, 0.05) is 11.4 Å². The molecule has 198 valence electrons. The van der Waals surface area contributed by atoms with Gasteiger partial charge in [0.25, 0.3) is 0 Å². The zero-order valence-corrected chi connectivity index (χ0v) is 19.9. The van der Waals surface area contributed by atoms with E-state index in [1.165, 1.54) is 55.6 Å². The van der Waals surface area contributed by atoms with E-state index in [1.54, 1.807) is 36.4 Å². The lowest BCUT2D eigenvalue weighted by Crippen LogP contribution is -2.10. The van der Waals surface area contributed by atoms with Crippen molar-refractivity contribution in [2.24, 2.45) is 0 Å². The first-order valence-corrected chi connectivity index (χ1v) is 11.0. The summed E-state index contributed by atoms with van der Waals surface area (Å²) in [5.74, 6) is 0. The molecule has 0 fully saturated rings. The predicted octanol–water partition coefficient (Wildman–Crippen LogP) is 8.51. The molecule has 0 aliphatic heterocycles. The van der Waals surface area contributed by atoms with Gasteiger partial charge in [0.1, 0.15) is 0 Å². The minimum Gasteiger partial charge on any atom is -0.453 e. The summed E-state index contributed by atoms with van der Waals surface area (Å²) in [6.45, 7) is 0. The van der Waals surface area contributed by atoms with Crippen molar-refractivity contribution in [2.45, 2.75) is 12.4 Å². The Balaban J connectivity index is 0.000000215. The van der Waals surface area contributed by atoms with Crippen LogP contribution in [0.15, 0.2) is 97.1 Å². The monoisotopic (exact) mass is 532 g/mol. The fourth-order valence-electron chi connectivity index (χ4n) is 3.53. The number of anilines is 2. The molecule has 38 heavy (non-hydrogen) atoms. The molecule has 0 spiro atoms. The Morgan fingerprint density at radius 3 is 1.45 bits per heavy atom. The molecule has 0 atom stereocenters. The Labute approximate surface area is 214 Å². The molecule has 3 N–H and O–H groups in total. The number of alkyl halides is 6. The van der Waals surface area contributed by atoms with Gasteiger partial charge in [0.2, 0.25) is 0 Å². The van der Waals surface area contributed by atoms with Crippen LogP contribution in [0.5, 0.6) is 0 Å². The van der Waals surface area contributed by atoms with Crippen molar-refractivity contribution in [2.75, 3.05) is 18.2 Å². The van der Waals surface area contributed by atoms with E-state index in [0.29, 0.717) is 22.5 Å². The van der Waals surface area contributed by atoms with Crippen LogP contribution in [0.2, 0.25) is 0 Å². The number of nitrogens with one attached hydrogen (secondary N) is 1. The maximum atomic E-state index is 13.0. The third-order valence-corrected chi connectivity index (χ3v) is 5.31. The normalized spacial score (nSPS) is 11.2. The van der Waals surface area contributed by atoms with Crippen molar-refractivity contribution in [3.05, 3.63) is 108 Å². The molecule has 4 nitrogen and oxygen atoms in total.